The largest absolute Gasteiger partial charge is 0.504 e. The molecule has 1 heterocycles. The van der Waals surface area contributed by atoms with Gasteiger partial charge in [-0.15, -0.1) is 0 Å². The maximum atomic E-state index is 10.2. The lowest BCUT2D eigenvalue weighted by Gasteiger charge is -2.50. The van der Waals surface area contributed by atoms with Gasteiger partial charge in [0.1, 0.15) is 10.2 Å². The van der Waals surface area contributed by atoms with Crippen LogP contribution in [0.15, 0.2) is 15.0 Å². The lowest BCUT2D eigenvalue weighted by molar-refractivity contribution is 0.0504. The summed E-state index contributed by atoms with van der Waals surface area (Å²) in [5.41, 5.74) is 2.27. The molecule has 0 amide bonds. The summed E-state index contributed by atoms with van der Waals surface area (Å²) >= 11 is 3.42. The number of hydrogen-bond donors (Lipinski definition) is 2. The quantitative estimate of drug-likeness (QED) is 0.485. The van der Waals surface area contributed by atoms with Crippen molar-refractivity contribution in [3.8, 4) is 11.5 Å². The van der Waals surface area contributed by atoms with Crippen molar-refractivity contribution < 1.29 is 14.6 Å². The van der Waals surface area contributed by atoms with E-state index in [0.29, 0.717) is 27.3 Å². The molecular formula is C21H27BrO3. The predicted molar refractivity (Wildman–Crippen MR) is 103 cm³/mol. The van der Waals surface area contributed by atoms with E-state index in [1.807, 2.05) is 0 Å². The highest BCUT2D eigenvalue weighted by atomic mass is 79.9. The van der Waals surface area contributed by atoms with Crippen LogP contribution in [0.3, 0.4) is 0 Å². The minimum absolute atomic E-state index is 0.0376. The average Bonchev–Trinajstić information content (AvgIpc) is 2.86. The van der Waals surface area contributed by atoms with Gasteiger partial charge >= 0.3 is 0 Å². The van der Waals surface area contributed by atoms with E-state index in [4.69, 9.17) is 4.42 Å². The summed E-state index contributed by atoms with van der Waals surface area (Å²) in [4.78, 5) is 0. The number of halogens is 1. The Kier molecular flexibility index (Phi) is 3.74. The van der Waals surface area contributed by atoms with E-state index in [-0.39, 0.29) is 16.9 Å². The molecule has 0 saturated heterocycles. The molecule has 0 aliphatic heterocycles. The first-order valence-corrected chi connectivity index (χ1v) is 10.1. The molecule has 0 spiro atoms. The number of fused-ring (bicyclic) bond motifs is 5. The highest BCUT2D eigenvalue weighted by molar-refractivity contribution is 9.10. The fraction of sp³-hybridized carbons (Fsp3) is 0.619. The van der Waals surface area contributed by atoms with Gasteiger partial charge < -0.3 is 14.6 Å². The van der Waals surface area contributed by atoms with E-state index in [9.17, 15) is 10.2 Å². The molecule has 1 aromatic carbocycles. The Bertz CT molecular complexity index is 851. The molecule has 2 aliphatic carbocycles. The Morgan fingerprint density at radius 1 is 1.16 bits per heavy atom. The fourth-order valence-corrected chi connectivity index (χ4v) is 6.30. The number of rotatable bonds is 0. The van der Waals surface area contributed by atoms with E-state index in [1.54, 1.807) is 6.07 Å². The van der Waals surface area contributed by atoms with Gasteiger partial charge in [0.2, 0.25) is 0 Å². The molecule has 2 N–H and O–H groups in total. The number of furan rings is 1. The van der Waals surface area contributed by atoms with Crippen LogP contribution < -0.4 is 0 Å². The van der Waals surface area contributed by atoms with Gasteiger partial charge in [0, 0.05) is 16.9 Å². The third-order valence-electron chi connectivity index (χ3n) is 7.04. The van der Waals surface area contributed by atoms with Crippen LogP contribution in [0.4, 0.5) is 0 Å². The summed E-state index contributed by atoms with van der Waals surface area (Å²) in [6.07, 6.45) is 5.95. The van der Waals surface area contributed by atoms with Crippen LogP contribution in [0.1, 0.15) is 77.0 Å². The van der Waals surface area contributed by atoms with E-state index in [1.165, 1.54) is 24.8 Å². The minimum atomic E-state index is -0.144. The molecule has 0 bridgehead atoms. The minimum Gasteiger partial charge on any atom is -0.504 e. The van der Waals surface area contributed by atoms with Crippen molar-refractivity contribution in [3.05, 3.63) is 21.9 Å². The van der Waals surface area contributed by atoms with E-state index in [0.717, 1.165) is 24.0 Å². The van der Waals surface area contributed by atoms with Crippen molar-refractivity contribution in [2.24, 2.45) is 11.3 Å². The maximum Gasteiger partial charge on any atom is 0.175 e. The normalized spacial score (nSPS) is 31.4. The highest BCUT2D eigenvalue weighted by Crippen LogP contribution is 2.60. The van der Waals surface area contributed by atoms with Gasteiger partial charge in [-0.05, 0) is 64.4 Å². The molecule has 1 aromatic heterocycles. The second-order valence-electron chi connectivity index (χ2n) is 9.07. The molecule has 25 heavy (non-hydrogen) atoms. The van der Waals surface area contributed by atoms with Crippen molar-refractivity contribution in [2.45, 2.75) is 71.1 Å². The lowest BCUT2D eigenvalue weighted by atomic mass is 9.53. The molecule has 2 aliphatic rings. The Balaban J connectivity index is 2.07. The Hall–Kier alpha value is -1.16. The van der Waals surface area contributed by atoms with E-state index >= 15 is 0 Å². The van der Waals surface area contributed by atoms with Gasteiger partial charge in [0.15, 0.2) is 17.1 Å². The van der Waals surface area contributed by atoms with Crippen LogP contribution in [0.25, 0.3) is 11.0 Å². The van der Waals surface area contributed by atoms with Gasteiger partial charge in [-0.1, -0.05) is 34.1 Å². The first-order valence-electron chi connectivity index (χ1n) is 9.34. The maximum absolute atomic E-state index is 10.2. The molecule has 1 saturated carbocycles. The van der Waals surface area contributed by atoms with Crippen LogP contribution >= 0.6 is 15.9 Å². The van der Waals surface area contributed by atoms with Gasteiger partial charge in [-0.2, -0.15) is 0 Å². The highest BCUT2D eigenvalue weighted by Gasteiger charge is 2.51. The van der Waals surface area contributed by atoms with Gasteiger partial charge in [-0.3, -0.25) is 0 Å². The Labute approximate surface area is 157 Å². The van der Waals surface area contributed by atoms with Crippen LogP contribution in [-0.2, 0) is 5.41 Å². The lowest BCUT2D eigenvalue weighted by Crippen LogP contribution is -2.44. The monoisotopic (exact) mass is 406 g/mol. The number of phenolic OH excluding ortho intramolecular Hbond substituents is 2. The van der Waals surface area contributed by atoms with E-state index in [2.05, 4.69) is 43.6 Å². The summed E-state index contributed by atoms with van der Waals surface area (Å²) in [5.74, 6) is 1.75. The third kappa shape index (κ3) is 2.29. The number of aromatic hydroxyl groups is 2. The molecular weight excluding hydrogens is 380 g/mol. The third-order valence-corrected chi connectivity index (χ3v) is 7.78. The first-order chi connectivity index (χ1) is 11.7. The van der Waals surface area contributed by atoms with Crippen LogP contribution in [0.2, 0.25) is 0 Å². The Morgan fingerprint density at radius 2 is 1.88 bits per heavy atom. The average molecular weight is 407 g/mol. The fourth-order valence-electron chi connectivity index (χ4n) is 5.80. The molecule has 1 fully saturated rings. The molecule has 4 rings (SSSR count). The summed E-state index contributed by atoms with van der Waals surface area (Å²) in [6.45, 7) is 9.45. The zero-order valence-electron chi connectivity index (χ0n) is 15.4. The van der Waals surface area contributed by atoms with Crippen molar-refractivity contribution >= 4 is 26.9 Å². The van der Waals surface area contributed by atoms with Gasteiger partial charge in [0.25, 0.3) is 0 Å². The number of benzene rings is 1. The Morgan fingerprint density at radius 3 is 2.60 bits per heavy atom. The van der Waals surface area contributed by atoms with Crippen LogP contribution in [-0.4, -0.2) is 10.2 Å². The number of phenols is 2. The summed E-state index contributed by atoms with van der Waals surface area (Å²) in [5, 5.41) is 21.3. The molecule has 0 radical (unpaired) electrons. The van der Waals surface area contributed by atoms with Crippen molar-refractivity contribution in [1.82, 2.24) is 0 Å². The smallest absolute Gasteiger partial charge is 0.175 e. The second-order valence-corrected chi connectivity index (χ2v) is 9.86. The standard InChI is InChI=1S/C21H27BrO3/c1-11-6-7-14-20(2,3)8-5-9-21(14,4)15-12-10-13(23)17(24)16(22)19(12)25-18(11)15/h10-11,14,23-24H,5-9H2,1-4H3/t11-,14-,21-/m0/s1. The summed E-state index contributed by atoms with van der Waals surface area (Å²) in [6, 6.07) is 1.69. The molecule has 3 atom stereocenters. The van der Waals surface area contributed by atoms with Gasteiger partial charge in [-0.25, -0.2) is 0 Å². The first kappa shape index (κ1) is 17.3. The predicted octanol–water partition coefficient (Wildman–Crippen LogP) is 6.59. The van der Waals surface area contributed by atoms with Gasteiger partial charge in [0.05, 0.1) is 0 Å². The van der Waals surface area contributed by atoms with Crippen molar-refractivity contribution in [2.75, 3.05) is 0 Å². The zero-order valence-corrected chi connectivity index (χ0v) is 17.0. The topological polar surface area (TPSA) is 53.6 Å². The zero-order chi connectivity index (χ0) is 18.1. The van der Waals surface area contributed by atoms with E-state index < -0.39 is 0 Å². The molecule has 2 aromatic rings. The van der Waals surface area contributed by atoms with Crippen LogP contribution in [0.5, 0.6) is 11.5 Å². The van der Waals surface area contributed by atoms with Crippen molar-refractivity contribution in [1.29, 1.82) is 0 Å². The molecule has 4 heteroatoms. The molecule has 136 valence electrons. The SMILES string of the molecule is C[C@H]1CC[C@H]2C(C)(C)CCC[C@]2(C)c2c1oc1c(Br)c(O)c(O)cc21. The molecule has 3 nitrogen and oxygen atoms in total. The molecule has 0 unspecified atom stereocenters. The number of hydrogen-bond acceptors (Lipinski definition) is 3. The summed E-state index contributed by atoms with van der Waals surface area (Å²) in [7, 11) is 0. The van der Waals surface area contributed by atoms with Crippen LogP contribution in [0, 0.1) is 11.3 Å². The van der Waals surface area contributed by atoms with Crippen molar-refractivity contribution in [3.63, 3.8) is 0 Å². The summed E-state index contributed by atoms with van der Waals surface area (Å²) < 4.78 is 6.77. The second kappa shape index (κ2) is 5.42.